The summed E-state index contributed by atoms with van der Waals surface area (Å²) in [6.45, 7) is 3.59. The molecule has 2 N–H and O–H groups in total. The molecule has 1 amide bonds. The lowest BCUT2D eigenvalue weighted by atomic mass is 10.0. The Bertz CT molecular complexity index is 482. The second-order valence-corrected chi connectivity index (χ2v) is 5.41. The fourth-order valence-corrected chi connectivity index (χ4v) is 2.12. The number of unbranched alkanes of at least 4 members (excludes halogenated alkanes) is 1. The van der Waals surface area contributed by atoms with Crippen LogP contribution in [0.3, 0.4) is 0 Å². The SMILES string of the molecule is CCCCc1ccc(CC(=O)N[C@@H](C(=O)OC)[C@H](C)O)cc1. The number of carbonyl (C=O) groups is 2. The van der Waals surface area contributed by atoms with Crippen LogP contribution in [0.2, 0.25) is 0 Å². The minimum absolute atomic E-state index is 0.161. The number of benzene rings is 1. The molecule has 122 valence electrons. The van der Waals surface area contributed by atoms with Crippen molar-refractivity contribution in [2.45, 2.75) is 51.7 Å². The summed E-state index contributed by atoms with van der Waals surface area (Å²) in [5.41, 5.74) is 2.12. The minimum atomic E-state index is -1.04. The van der Waals surface area contributed by atoms with Gasteiger partial charge in [-0.1, -0.05) is 37.6 Å². The standard InChI is InChI=1S/C17H25NO4/c1-4-5-6-13-7-9-14(10-8-13)11-15(20)18-16(12(2)19)17(21)22-3/h7-10,12,16,19H,4-6,11H2,1-3H3,(H,18,20)/t12-,16+/m0/s1. The van der Waals surface area contributed by atoms with Gasteiger partial charge in [-0.25, -0.2) is 4.79 Å². The number of hydrogen-bond donors (Lipinski definition) is 2. The molecule has 0 fully saturated rings. The van der Waals surface area contributed by atoms with E-state index >= 15 is 0 Å². The average Bonchev–Trinajstić information content (AvgIpc) is 2.51. The predicted octanol–water partition coefficient (Wildman–Crippen LogP) is 1.61. The number of hydrogen-bond acceptors (Lipinski definition) is 4. The normalized spacial score (nSPS) is 13.3. The smallest absolute Gasteiger partial charge is 0.331 e. The van der Waals surface area contributed by atoms with Gasteiger partial charge in [0.25, 0.3) is 0 Å². The van der Waals surface area contributed by atoms with Crippen LogP contribution < -0.4 is 5.32 Å². The van der Waals surface area contributed by atoms with Gasteiger partial charge in [-0.15, -0.1) is 0 Å². The zero-order valence-corrected chi connectivity index (χ0v) is 13.5. The number of rotatable bonds is 8. The summed E-state index contributed by atoms with van der Waals surface area (Å²) in [5, 5.41) is 12.0. The Morgan fingerprint density at radius 3 is 2.32 bits per heavy atom. The van der Waals surface area contributed by atoms with Crippen molar-refractivity contribution >= 4 is 11.9 Å². The molecule has 0 bridgehead atoms. The number of esters is 1. The van der Waals surface area contributed by atoms with E-state index in [1.165, 1.54) is 19.6 Å². The van der Waals surface area contributed by atoms with Gasteiger partial charge >= 0.3 is 5.97 Å². The molecule has 1 aromatic carbocycles. The highest BCUT2D eigenvalue weighted by atomic mass is 16.5. The van der Waals surface area contributed by atoms with E-state index in [2.05, 4.69) is 17.0 Å². The first-order valence-electron chi connectivity index (χ1n) is 7.61. The van der Waals surface area contributed by atoms with Crippen LogP contribution in [-0.4, -0.2) is 36.2 Å². The van der Waals surface area contributed by atoms with Crippen molar-refractivity contribution < 1.29 is 19.4 Å². The van der Waals surface area contributed by atoms with Crippen LogP contribution in [0, 0.1) is 0 Å². The van der Waals surface area contributed by atoms with Gasteiger partial charge in [0, 0.05) is 0 Å². The van der Waals surface area contributed by atoms with Gasteiger partial charge in [0.05, 0.1) is 19.6 Å². The topological polar surface area (TPSA) is 75.6 Å². The number of ether oxygens (including phenoxy) is 1. The number of methoxy groups -OCH3 is 1. The third-order valence-electron chi connectivity index (χ3n) is 3.46. The Kier molecular flexibility index (Phi) is 7.60. The average molecular weight is 307 g/mol. The van der Waals surface area contributed by atoms with Crippen LogP contribution in [0.5, 0.6) is 0 Å². The van der Waals surface area contributed by atoms with Gasteiger partial charge in [-0.3, -0.25) is 4.79 Å². The van der Waals surface area contributed by atoms with Crippen molar-refractivity contribution in [1.29, 1.82) is 0 Å². The lowest BCUT2D eigenvalue weighted by molar-refractivity contribution is -0.148. The van der Waals surface area contributed by atoms with E-state index in [0.29, 0.717) is 0 Å². The van der Waals surface area contributed by atoms with Crippen molar-refractivity contribution in [1.82, 2.24) is 5.32 Å². The van der Waals surface area contributed by atoms with Gasteiger partial charge in [0.15, 0.2) is 6.04 Å². The van der Waals surface area contributed by atoms with Crippen molar-refractivity contribution in [2.24, 2.45) is 0 Å². The number of amides is 1. The zero-order valence-electron chi connectivity index (χ0n) is 13.5. The molecule has 5 nitrogen and oxygen atoms in total. The van der Waals surface area contributed by atoms with Crippen LogP contribution in [-0.2, 0) is 27.2 Å². The van der Waals surface area contributed by atoms with Gasteiger partial charge < -0.3 is 15.2 Å². The van der Waals surface area contributed by atoms with Crippen LogP contribution >= 0.6 is 0 Å². The van der Waals surface area contributed by atoms with Gasteiger partial charge in [-0.05, 0) is 30.9 Å². The van der Waals surface area contributed by atoms with Gasteiger partial charge in [-0.2, -0.15) is 0 Å². The second-order valence-electron chi connectivity index (χ2n) is 5.41. The van der Waals surface area contributed by atoms with Gasteiger partial charge in [0.1, 0.15) is 0 Å². The molecule has 0 radical (unpaired) electrons. The molecule has 1 aromatic rings. The van der Waals surface area contributed by atoms with Crippen molar-refractivity contribution in [3.8, 4) is 0 Å². The summed E-state index contributed by atoms with van der Waals surface area (Å²) in [6.07, 6.45) is 2.49. The van der Waals surface area contributed by atoms with Crippen LogP contribution in [0.4, 0.5) is 0 Å². The minimum Gasteiger partial charge on any atom is -0.467 e. The molecule has 0 heterocycles. The third-order valence-corrected chi connectivity index (χ3v) is 3.46. The summed E-state index contributed by atoms with van der Waals surface area (Å²) in [5.74, 6) is -0.976. The summed E-state index contributed by atoms with van der Waals surface area (Å²) in [7, 11) is 1.22. The Labute approximate surface area is 131 Å². The molecule has 0 saturated carbocycles. The van der Waals surface area contributed by atoms with E-state index in [1.807, 2.05) is 24.3 Å². The molecular formula is C17H25NO4. The Hall–Kier alpha value is -1.88. The molecule has 0 saturated heterocycles. The molecule has 1 rings (SSSR count). The van der Waals surface area contributed by atoms with Crippen molar-refractivity contribution in [2.75, 3.05) is 7.11 Å². The Morgan fingerprint density at radius 2 is 1.82 bits per heavy atom. The molecule has 5 heteroatoms. The summed E-state index contributed by atoms with van der Waals surface area (Å²) >= 11 is 0. The van der Waals surface area contributed by atoms with E-state index in [4.69, 9.17) is 0 Å². The van der Waals surface area contributed by atoms with Gasteiger partial charge in [0.2, 0.25) is 5.91 Å². The molecule has 0 aliphatic heterocycles. The first-order chi connectivity index (χ1) is 10.5. The van der Waals surface area contributed by atoms with E-state index in [1.54, 1.807) is 0 Å². The summed E-state index contributed by atoms with van der Waals surface area (Å²) in [4.78, 5) is 23.5. The highest BCUT2D eigenvalue weighted by Crippen LogP contribution is 2.09. The number of nitrogens with one attached hydrogen (secondary N) is 1. The summed E-state index contributed by atoms with van der Waals surface area (Å²) in [6, 6.07) is 6.83. The maximum atomic E-state index is 12.0. The molecule has 2 atom stereocenters. The lowest BCUT2D eigenvalue weighted by Crippen LogP contribution is -2.48. The highest BCUT2D eigenvalue weighted by molar-refractivity contribution is 5.86. The molecule has 0 unspecified atom stereocenters. The van der Waals surface area contributed by atoms with E-state index in [0.717, 1.165) is 24.8 Å². The van der Waals surface area contributed by atoms with Crippen LogP contribution in [0.15, 0.2) is 24.3 Å². The summed E-state index contributed by atoms with van der Waals surface area (Å²) < 4.78 is 4.56. The molecular weight excluding hydrogens is 282 g/mol. The highest BCUT2D eigenvalue weighted by Gasteiger charge is 2.26. The van der Waals surface area contributed by atoms with E-state index in [9.17, 15) is 14.7 Å². The zero-order chi connectivity index (χ0) is 16.5. The Morgan fingerprint density at radius 1 is 1.23 bits per heavy atom. The van der Waals surface area contributed by atoms with E-state index < -0.39 is 18.1 Å². The fraction of sp³-hybridized carbons (Fsp3) is 0.529. The first-order valence-corrected chi connectivity index (χ1v) is 7.61. The van der Waals surface area contributed by atoms with Crippen molar-refractivity contribution in [3.63, 3.8) is 0 Å². The lowest BCUT2D eigenvalue weighted by Gasteiger charge is -2.18. The first kappa shape index (κ1) is 18.2. The molecule has 0 aliphatic carbocycles. The van der Waals surface area contributed by atoms with E-state index in [-0.39, 0.29) is 12.3 Å². The third kappa shape index (κ3) is 5.85. The number of aliphatic hydroxyl groups excluding tert-OH is 1. The number of aliphatic hydroxyl groups is 1. The molecule has 22 heavy (non-hydrogen) atoms. The molecule has 0 aliphatic rings. The molecule has 0 aromatic heterocycles. The maximum Gasteiger partial charge on any atom is 0.331 e. The fourth-order valence-electron chi connectivity index (χ4n) is 2.12. The Balaban J connectivity index is 2.58. The van der Waals surface area contributed by atoms with Crippen LogP contribution in [0.25, 0.3) is 0 Å². The number of carbonyl (C=O) groups excluding carboxylic acids is 2. The number of aryl methyl sites for hydroxylation is 1. The quantitative estimate of drug-likeness (QED) is 0.716. The second kappa shape index (κ2) is 9.20. The van der Waals surface area contributed by atoms with Crippen molar-refractivity contribution in [3.05, 3.63) is 35.4 Å². The molecule has 0 spiro atoms. The van der Waals surface area contributed by atoms with Crippen LogP contribution in [0.1, 0.15) is 37.8 Å². The monoisotopic (exact) mass is 307 g/mol. The maximum absolute atomic E-state index is 12.0. The predicted molar refractivity (Wildman–Crippen MR) is 84.4 cm³/mol. The largest absolute Gasteiger partial charge is 0.467 e.